The Morgan fingerprint density at radius 1 is 1.23 bits per heavy atom. The van der Waals surface area contributed by atoms with Gasteiger partial charge in [0.05, 0.1) is 12.2 Å². The fraction of sp³-hybridized carbons (Fsp3) is 0.214. The summed E-state index contributed by atoms with van der Waals surface area (Å²) in [7, 11) is 0. The van der Waals surface area contributed by atoms with Crippen LogP contribution in [0, 0.1) is 6.92 Å². The number of amides is 1. The van der Waals surface area contributed by atoms with Crippen molar-refractivity contribution in [1.29, 1.82) is 0 Å². The molecular weight excluding hydrogens is 327 g/mol. The fourth-order valence-corrected chi connectivity index (χ4v) is 1.87. The van der Waals surface area contributed by atoms with Gasteiger partial charge in [-0.1, -0.05) is 23.2 Å². The summed E-state index contributed by atoms with van der Waals surface area (Å²) in [6.45, 7) is 2.33. The van der Waals surface area contributed by atoms with Gasteiger partial charge in [-0.2, -0.15) is 0 Å². The third-order valence-corrected chi connectivity index (χ3v) is 3.39. The van der Waals surface area contributed by atoms with Crippen LogP contribution in [0.1, 0.15) is 5.69 Å². The highest BCUT2D eigenvalue weighted by atomic mass is 35.5. The lowest BCUT2D eigenvalue weighted by molar-refractivity contribution is 0.166. The molecule has 0 aliphatic heterocycles. The van der Waals surface area contributed by atoms with E-state index in [1.807, 2.05) is 0 Å². The molecule has 1 heterocycles. The summed E-state index contributed by atoms with van der Waals surface area (Å²) in [5.41, 5.74) is 1.29. The van der Waals surface area contributed by atoms with Crippen LogP contribution in [0.5, 0.6) is 0 Å². The van der Waals surface area contributed by atoms with Gasteiger partial charge < -0.3 is 10.1 Å². The first-order valence-corrected chi connectivity index (χ1v) is 7.22. The van der Waals surface area contributed by atoms with E-state index in [1.165, 1.54) is 6.33 Å². The number of nitrogens with one attached hydrogen (secondary N) is 2. The number of aromatic nitrogens is 2. The Kier molecular flexibility index (Phi) is 5.80. The van der Waals surface area contributed by atoms with Crippen molar-refractivity contribution in [2.24, 2.45) is 0 Å². The minimum absolute atomic E-state index is 0.165. The van der Waals surface area contributed by atoms with Crippen molar-refractivity contribution in [2.45, 2.75) is 6.92 Å². The summed E-state index contributed by atoms with van der Waals surface area (Å²) in [6, 6.07) is 6.73. The first-order valence-electron chi connectivity index (χ1n) is 6.46. The van der Waals surface area contributed by atoms with Gasteiger partial charge in [0.25, 0.3) is 0 Å². The second-order valence-electron chi connectivity index (χ2n) is 4.32. The van der Waals surface area contributed by atoms with Gasteiger partial charge in [0.2, 0.25) is 0 Å². The van der Waals surface area contributed by atoms with E-state index < -0.39 is 6.09 Å². The SMILES string of the molecule is Cc1ncnc(NCCOC(=O)Nc2ccc(Cl)cc2)c1Cl. The van der Waals surface area contributed by atoms with Gasteiger partial charge in [-0.25, -0.2) is 14.8 Å². The van der Waals surface area contributed by atoms with E-state index in [9.17, 15) is 4.79 Å². The van der Waals surface area contributed by atoms with Crippen LogP contribution >= 0.6 is 23.2 Å². The van der Waals surface area contributed by atoms with E-state index in [-0.39, 0.29) is 6.61 Å². The average molecular weight is 341 g/mol. The minimum Gasteiger partial charge on any atom is -0.447 e. The predicted molar refractivity (Wildman–Crippen MR) is 86.7 cm³/mol. The number of hydrogen-bond acceptors (Lipinski definition) is 5. The van der Waals surface area contributed by atoms with Gasteiger partial charge in [0.15, 0.2) is 0 Å². The molecule has 8 heteroatoms. The molecule has 0 fully saturated rings. The lowest BCUT2D eigenvalue weighted by Gasteiger charge is -2.09. The van der Waals surface area contributed by atoms with Crippen LogP contribution < -0.4 is 10.6 Å². The molecule has 2 rings (SSSR count). The van der Waals surface area contributed by atoms with Gasteiger partial charge in [-0.3, -0.25) is 5.32 Å². The van der Waals surface area contributed by atoms with Crippen molar-refractivity contribution >= 4 is 40.8 Å². The molecule has 0 atom stereocenters. The standard InChI is InChI=1S/C14H14Cl2N4O2/c1-9-12(16)13(19-8-18-9)17-6-7-22-14(21)20-11-4-2-10(15)3-5-11/h2-5,8H,6-7H2,1H3,(H,20,21)(H,17,18,19). The van der Waals surface area contributed by atoms with E-state index in [4.69, 9.17) is 27.9 Å². The van der Waals surface area contributed by atoms with Crippen molar-refractivity contribution in [3.8, 4) is 0 Å². The predicted octanol–water partition coefficient (Wildman–Crippen LogP) is 3.75. The Morgan fingerprint density at radius 3 is 2.68 bits per heavy atom. The van der Waals surface area contributed by atoms with Crippen LogP contribution in [-0.4, -0.2) is 29.2 Å². The number of carbonyl (C=O) groups excluding carboxylic acids is 1. The number of aryl methyl sites for hydroxylation is 1. The number of halogens is 2. The molecule has 2 N–H and O–H groups in total. The van der Waals surface area contributed by atoms with Crippen molar-refractivity contribution in [2.75, 3.05) is 23.8 Å². The van der Waals surface area contributed by atoms with Gasteiger partial charge in [0, 0.05) is 10.7 Å². The Bertz CT molecular complexity index is 650. The molecule has 0 aliphatic carbocycles. The molecule has 1 aromatic heterocycles. The lowest BCUT2D eigenvalue weighted by Crippen LogP contribution is -2.19. The first kappa shape index (κ1) is 16.3. The molecule has 0 spiro atoms. The third-order valence-electron chi connectivity index (χ3n) is 2.68. The molecule has 0 unspecified atom stereocenters. The van der Waals surface area contributed by atoms with Gasteiger partial charge in [0.1, 0.15) is 23.8 Å². The second kappa shape index (κ2) is 7.82. The average Bonchev–Trinajstić information content (AvgIpc) is 2.50. The summed E-state index contributed by atoms with van der Waals surface area (Å²) >= 11 is 11.8. The lowest BCUT2D eigenvalue weighted by atomic mass is 10.3. The number of carbonyl (C=O) groups is 1. The van der Waals surface area contributed by atoms with Crippen LogP contribution in [-0.2, 0) is 4.74 Å². The number of hydrogen-bond donors (Lipinski definition) is 2. The summed E-state index contributed by atoms with van der Waals surface area (Å²) in [5, 5.41) is 6.61. The van der Waals surface area contributed by atoms with Crippen LogP contribution in [0.15, 0.2) is 30.6 Å². The summed E-state index contributed by atoms with van der Waals surface area (Å²) < 4.78 is 5.04. The molecule has 1 amide bonds. The summed E-state index contributed by atoms with van der Waals surface area (Å²) in [4.78, 5) is 19.6. The number of nitrogens with zero attached hydrogens (tertiary/aromatic N) is 2. The first-order chi connectivity index (χ1) is 10.6. The van der Waals surface area contributed by atoms with Gasteiger partial charge >= 0.3 is 6.09 Å². The Morgan fingerprint density at radius 2 is 1.95 bits per heavy atom. The molecule has 0 saturated heterocycles. The number of ether oxygens (including phenoxy) is 1. The number of benzene rings is 1. The molecular formula is C14H14Cl2N4O2. The van der Waals surface area contributed by atoms with Crippen LogP contribution in [0.2, 0.25) is 10.0 Å². The quantitative estimate of drug-likeness (QED) is 0.810. The van der Waals surface area contributed by atoms with Crippen LogP contribution in [0.3, 0.4) is 0 Å². The zero-order chi connectivity index (χ0) is 15.9. The summed E-state index contributed by atoms with van der Waals surface area (Å²) in [5.74, 6) is 0.510. The van der Waals surface area contributed by atoms with E-state index in [0.29, 0.717) is 33.8 Å². The van der Waals surface area contributed by atoms with Gasteiger partial charge in [-0.05, 0) is 31.2 Å². The highest BCUT2D eigenvalue weighted by Crippen LogP contribution is 2.20. The van der Waals surface area contributed by atoms with Crippen molar-refractivity contribution < 1.29 is 9.53 Å². The van der Waals surface area contributed by atoms with Crippen molar-refractivity contribution in [3.63, 3.8) is 0 Å². The maximum Gasteiger partial charge on any atom is 0.411 e. The maximum absolute atomic E-state index is 11.6. The van der Waals surface area contributed by atoms with Crippen LogP contribution in [0.25, 0.3) is 0 Å². The highest BCUT2D eigenvalue weighted by Gasteiger charge is 2.06. The summed E-state index contributed by atoms with van der Waals surface area (Å²) in [6.07, 6.45) is 0.867. The largest absolute Gasteiger partial charge is 0.447 e. The zero-order valence-corrected chi connectivity index (χ0v) is 13.3. The van der Waals surface area contributed by atoms with Crippen LogP contribution in [0.4, 0.5) is 16.3 Å². The van der Waals surface area contributed by atoms with Gasteiger partial charge in [-0.15, -0.1) is 0 Å². The second-order valence-corrected chi connectivity index (χ2v) is 5.13. The molecule has 1 aromatic carbocycles. The fourth-order valence-electron chi connectivity index (χ4n) is 1.58. The maximum atomic E-state index is 11.6. The molecule has 0 aliphatic rings. The van der Waals surface area contributed by atoms with Crippen molar-refractivity contribution in [3.05, 3.63) is 46.3 Å². The number of rotatable bonds is 5. The van der Waals surface area contributed by atoms with E-state index in [1.54, 1.807) is 31.2 Å². The normalized spacial score (nSPS) is 10.1. The topological polar surface area (TPSA) is 76.1 Å². The smallest absolute Gasteiger partial charge is 0.411 e. The third kappa shape index (κ3) is 4.75. The molecule has 2 aromatic rings. The highest BCUT2D eigenvalue weighted by molar-refractivity contribution is 6.33. The van der Waals surface area contributed by atoms with E-state index in [2.05, 4.69) is 20.6 Å². The van der Waals surface area contributed by atoms with Crippen molar-refractivity contribution in [1.82, 2.24) is 9.97 Å². The molecule has 0 radical (unpaired) electrons. The molecule has 0 bridgehead atoms. The molecule has 116 valence electrons. The minimum atomic E-state index is -0.547. The number of anilines is 2. The molecule has 22 heavy (non-hydrogen) atoms. The Hall–Kier alpha value is -2.05. The Labute approximate surface area is 137 Å². The monoisotopic (exact) mass is 340 g/mol. The van der Waals surface area contributed by atoms with E-state index >= 15 is 0 Å². The zero-order valence-electron chi connectivity index (χ0n) is 11.8. The molecule has 6 nitrogen and oxygen atoms in total. The van der Waals surface area contributed by atoms with E-state index in [0.717, 1.165) is 0 Å². The molecule has 0 saturated carbocycles. The Balaban J connectivity index is 1.73.